The number of aliphatic hydroxyl groups is 9. The van der Waals surface area contributed by atoms with Gasteiger partial charge in [0.05, 0.1) is 46.8 Å². The third-order valence-corrected chi connectivity index (χ3v) is 9.09. The largest absolute Gasteiger partial charge is 0.493 e. The van der Waals surface area contributed by atoms with Gasteiger partial charge in [-0.05, 0) is 47.7 Å². The molecule has 0 spiro atoms. The number of benzene rings is 2. The number of ether oxygens (including phenoxy) is 7. The molecule has 0 radical (unpaired) electrons. The molecule has 13 atom stereocenters. The highest BCUT2D eigenvalue weighted by Gasteiger charge is 2.46. The number of methoxy groups -OCH3 is 2. The van der Waals surface area contributed by atoms with Crippen molar-refractivity contribution in [1.29, 1.82) is 0 Å². The molecule has 3 aliphatic rings. The van der Waals surface area contributed by atoms with Crippen LogP contribution in [-0.2, 0) is 20.6 Å². The summed E-state index contributed by atoms with van der Waals surface area (Å²) in [6.07, 6.45) is -15.0. The predicted octanol–water partition coefficient (Wildman–Crippen LogP) is -2.40. The topological polar surface area (TPSA) is 247 Å². The van der Waals surface area contributed by atoms with Crippen LogP contribution in [0.2, 0.25) is 0 Å². The minimum Gasteiger partial charge on any atom is -0.493 e. The van der Waals surface area contributed by atoms with E-state index in [-0.39, 0.29) is 35.7 Å². The van der Waals surface area contributed by atoms with E-state index in [1.165, 1.54) is 20.3 Å². The molecule has 3 heterocycles. The van der Waals surface area contributed by atoms with Crippen LogP contribution in [0.1, 0.15) is 17.2 Å². The fraction of sp³-hybridized carbons (Fsp3) is 0.625. The summed E-state index contributed by atoms with van der Waals surface area (Å²) in [4.78, 5) is 0. The molecule has 9 N–H and O–H groups in total. The zero-order valence-electron chi connectivity index (χ0n) is 26.4. The molecular formula is C32H44O16. The quantitative estimate of drug-likeness (QED) is 0.113. The number of hydrogen-bond donors (Lipinski definition) is 9. The first-order valence-electron chi connectivity index (χ1n) is 15.6. The normalized spacial score (nSPS) is 36.0. The first-order valence-corrected chi connectivity index (χ1v) is 15.6. The lowest BCUT2D eigenvalue weighted by atomic mass is 9.83. The molecule has 16 nitrogen and oxygen atoms in total. The molecular weight excluding hydrogens is 640 g/mol. The van der Waals surface area contributed by atoms with Gasteiger partial charge < -0.3 is 79.1 Å². The van der Waals surface area contributed by atoms with Gasteiger partial charge in [0.25, 0.3) is 0 Å². The molecule has 2 aromatic rings. The maximum absolute atomic E-state index is 11.4. The van der Waals surface area contributed by atoms with Crippen LogP contribution in [0.15, 0.2) is 36.4 Å². The van der Waals surface area contributed by atoms with Crippen molar-refractivity contribution in [3.8, 4) is 23.0 Å². The molecule has 268 valence electrons. The number of rotatable bonds is 12. The van der Waals surface area contributed by atoms with Gasteiger partial charge in [0.2, 0.25) is 12.6 Å². The summed E-state index contributed by atoms with van der Waals surface area (Å²) in [6.45, 7) is -0.538. The summed E-state index contributed by atoms with van der Waals surface area (Å²) in [7, 11) is 2.83. The first-order chi connectivity index (χ1) is 23.0. The van der Waals surface area contributed by atoms with Crippen molar-refractivity contribution < 1.29 is 79.1 Å². The summed E-state index contributed by atoms with van der Waals surface area (Å²) < 4.78 is 39.1. The molecule has 0 amide bonds. The second-order valence-corrected chi connectivity index (χ2v) is 12.1. The van der Waals surface area contributed by atoms with E-state index in [1.807, 2.05) is 0 Å². The molecule has 48 heavy (non-hydrogen) atoms. The van der Waals surface area contributed by atoms with Gasteiger partial charge in [0, 0.05) is 5.92 Å². The monoisotopic (exact) mass is 684 g/mol. The number of aliphatic hydroxyl groups excluding tert-OH is 9. The van der Waals surface area contributed by atoms with Crippen LogP contribution in [-0.4, -0.2) is 148 Å². The van der Waals surface area contributed by atoms with Crippen molar-refractivity contribution >= 4 is 0 Å². The Morgan fingerprint density at radius 1 is 0.667 bits per heavy atom. The summed E-state index contributed by atoms with van der Waals surface area (Å²) in [5.74, 6) is 0.415. The molecule has 5 rings (SSSR count). The molecule has 0 aliphatic carbocycles. The van der Waals surface area contributed by atoms with Gasteiger partial charge in [-0.1, -0.05) is 12.1 Å². The Balaban J connectivity index is 1.26. The molecule has 0 bridgehead atoms. The zero-order chi connectivity index (χ0) is 34.7. The smallest absolute Gasteiger partial charge is 0.229 e. The van der Waals surface area contributed by atoms with Crippen molar-refractivity contribution in [2.75, 3.05) is 40.6 Å². The van der Waals surface area contributed by atoms with E-state index < -0.39 is 80.7 Å². The third kappa shape index (κ3) is 7.50. The first kappa shape index (κ1) is 36.4. The maximum atomic E-state index is 11.4. The number of hydrogen-bond acceptors (Lipinski definition) is 16. The van der Waals surface area contributed by atoms with Crippen LogP contribution in [0, 0.1) is 11.8 Å². The van der Waals surface area contributed by atoms with Crippen LogP contribution < -0.4 is 18.9 Å². The van der Waals surface area contributed by atoms with Crippen molar-refractivity contribution in [2.45, 2.75) is 73.9 Å². The second kappa shape index (κ2) is 15.8. The highest BCUT2D eigenvalue weighted by Crippen LogP contribution is 2.40. The molecule has 0 saturated carbocycles. The van der Waals surface area contributed by atoms with Crippen molar-refractivity contribution in [3.05, 3.63) is 47.5 Å². The van der Waals surface area contributed by atoms with Gasteiger partial charge in [-0.15, -0.1) is 0 Å². The van der Waals surface area contributed by atoms with Crippen molar-refractivity contribution in [1.82, 2.24) is 0 Å². The van der Waals surface area contributed by atoms with Crippen LogP contribution in [0.3, 0.4) is 0 Å². The Morgan fingerprint density at radius 3 is 1.71 bits per heavy atom. The zero-order valence-corrected chi connectivity index (χ0v) is 26.4. The lowest BCUT2D eigenvalue weighted by Gasteiger charge is -2.39. The second-order valence-electron chi connectivity index (χ2n) is 12.1. The Labute approximate surface area is 276 Å². The average molecular weight is 685 g/mol. The van der Waals surface area contributed by atoms with E-state index in [0.29, 0.717) is 24.3 Å². The highest BCUT2D eigenvalue weighted by atomic mass is 16.7. The van der Waals surface area contributed by atoms with E-state index in [4.69, 9.17) is 33.2 Å². The van der Waals surface area contributed by atoms with E-state index in [0.717, 1.165) is 5.56 Å². The molecule has 3 aliphatic heterocycles. The van der Waals surface area contributed by atoms with Gasteiger partial charge in [0.15, 0.2) is 23.0 Å². The predicted molar refractivity (Wildman–Crippen MR) is 161 cm³/mol. The molecule has 0 aromatic heterocycles. The molecule has 3 saturated heterocycles. The summed E-state index contributed by atoms with van der Waals surface area (Å²) in [5.41, 5.74) is 1.34. The lowest BCUT2D eigenvalue weighted by Crippen LogP contribution is -2.60. The van der Waals surface area contributed by atoms with Gasteiger partial charge in [-0.3, -0.25) is 0 Å². The Morgan fingerprint density at radius 2 is 1.19 bits per heavy atom. The van der Waals surface area contributed by atoms with Gasteiger partial charge in [-0.2, -0.15) is 0 Å². The van der Waals surface area contributed by atoms with E-state index in [1.54, 1.807) is 30.3 Å². The highest BCUT2D eigenvalue weighted by molar-refractivity contribution is 5.45. The van der Waals surface area contributed by atoms with Gasteiger partial charge >= 0.3 is 0 Å². The Hall–Kier alpha value is -2.84. The summed E-state index contributed by atoms with van der Waals surface area (Å²) in [6, 6.07) is 9.83. The average Bonchev–Trinajstić information content (AvgIpc) is 3.56. The fourth-order valence-corrected chi connectivity index (χ4v) is 6.21. The van der Waals surface area contributed by atoms with Crippen LogP contribution in [0.25, 0.3) is 0 Å². The van der Waals surface area contributed by atoms with Crippen LogP contribution in [0.5, 0.6) is 23.0 Å². The minimum absolute atomic E-state index is 0.113. The Bertz CT molecular complexity index is 1340. The molecule has 16 heteroatoms. The standard InChI is InChI=1S/C32H44O16/c1-42-20-8-14(3-5-18(20)45-31-29(40)27(38)25(36)22(10-33)47-31)7-16-12-44-13-17(16)24(35)15-4-6-19(21(9-15)43-2)46-32-30(41)28(39)26(37)23(11-34)48-32/h3-6,8-9,16-17,22-41H,7,10-13H2,1-2H3/t16?,17?,22-,23-,24?,25-,26-,27+,28+,29-,30-,31-,32-/m1/s1. The van der Waals surface area contributed by atoms with Crippen LogP contribution in [0.4, 0.5) is 0 Å². The third-order valence-electron chi connectivity index (χ3n) is 9.09. The summed E-state index contributed by atoms with van der Waals surface area (Å²) >= 11 is 0. The minimum atomic E-state index is -1.61. The summed E-state index contributed by atoms with van der Waals surface area (Å²) in [5, 5.41) is 91.3. The molecule has 2 aromatic carbocycles. The van der Waals surface area contributed by atoms with E-state index in [2.05, 4.69) is 0 Å². The van der Waals surface area contributed by atoms with E-state index in [9.17, 15) is 46.0 Å². The van der Waals surface area contributed by atoms with Gasteiger partial charge in [0.1, 0.15) is 48.8 Å². The van der Waals surface area contributed by atoms with Gasteiger partial charge in [-0.25, -0.2) is 0 Å². The van der Waals surface area contributed by atoms with Crippen molar-refractivity contribution in [3.63, 3.8) is 0 Å². The maximum Gasteiger partial charge on any atom is 0.229 e. The SMILES string of the molecule is COc1cc(CC2COCC2C(O)c2ccc(O[C@@H]3O[C@H](CO)[C@@H](O)[C@H](O)[C@H]3O)c(OC)c2)ccc1O[C@@H]1O[C@H](CO)[C@@H](O)[C@H](O)[C@H]1O. The molecule has 3 unspecified atom stereocenters. The Kier molecular flexibility index (Phi) is 12.0. The fourth-order valence-electron chi connectivity index (χ4n) is 6.21. The van der Waals surface area contributed by atoms with Crippen LogP contribution >= 0.6 is 0 Å². The lowest BCUT2D eigenvalue weighted by molar-refractivity contribution is -0.277. The van der Waals surface area contributed by atoms with E-state index >= 15 is 0 Å². The van der Waals surface area contributed by atoms with Crippen molar-refractivity contribution in [2.24, 2.45) is 11.8 Å². The molecule has 3 fully saturated rings.